The normalized spacial score (nSPS) is 23.5. The largest absolute Gasteiger partial charge is 0.494 e. The molecule has 2 rings (SSSR count). The highest BCUT2D eigenvalue weighted by Crippen LogP contribution is 2.25. The summed E-state index contributed by atoms with van der Waals surface area (Å²) >= 11 is 0. The summed E-state index contributed by atoms with van der Waals surface area (Å²) in [7, 11) is 0. The number of nitrogens with zero attached hydrogens (tertiary/aromatic N) is 1. The van der Waals surface area contributed by atoms with Crippen LogP contribution in [-0.2, 0) is 11.3 Å². The van der Waals surface area contributed by atoms with Crippen LogP contribution in [-0.4, -0.2) is 35.7 Å². The van der Waals surface area contributed by atoms with Crippen molar-refractivity contribution in [2.45, 2.75) is 20.4 Å². The van der Waals surface area contributed by atoms with Gasteiger partial charge in [0.2, 0.25) is 0 Å². The quantitative estimate of drug-likeness (QED) is 0.885. The van der Waals surface area contributed by atoms with Gasteiger partial charge in [0.15, 0.2) is 0 Å². The smallest absolute Gasteiger partial charge is 0.308 e. The fraction of sp³-hybridized carbons (Fsp3) is 0.533. The fourth-order valence-corrected chi connectivity index (χ4v) is 2.63. The van der Waals surface area contributed by atoms with Crippen molar-refractivity contribution in [3.8, 4) is 5.75 Å². The van der Waals surface area contributed by atoms with Crippen molar-refractivity contribution in [2.24, 2.45) is 11.8 Å². The second-order valence-electron chi connectivity index (χ2n) is 5.19. The lowest BCUT2D eigenvalue weighted by atomic mass is 9.99. The number of hydrogen-bond acceptors (Lipinski definition) is 3. The first-order chi connectivity index (χ1) is 9.10. The van der Waals surface area contributed by atoms with Gasteiger partial charge in [-0.3, -0.25) is 9.69 Å². The van der Waals surface area contributed by atoms with Crippen LogP contribution < -0.4 is 4.74 Å². The van der Waals surface area contributed by atoms with Gasteiger partial charge < -0.3 is 9.84 Å². The number of carboxylic acid groups (broad SMARTS) is 1. The van der Waals surface area contributed by atoms with Crippen LogP contribution in [0.2, 0.25) is 0 Å². The molecule has 4 heteroatoms. The Morgan fingerprint density at radius 3 is 2.58 bits per heavy atom. The van der Waals surface area contributed by atoms with Crippen molar-refractivity contribution in [2.75, 3.05) is 19.7 Å². The second-order valence-corrected chi connectivity index (χ2v) is 5.19. The van der Waals surface area contributed by atoms with Crippen LogP contribution in [0.3, 0.4) is 0 Å². The molecule has 1 aliphatic rings. The summed E-state index contributed by atoms with van der Waals surface area (Å²) < 4.78 is 5.41. The monoisotopic (exact) mass is 263 g/mol. The molecule has 0 bridgehead atoms. The number of likely N-dealkylation sites (tertiary alicyclic amines) is 1. The maximum atomic E-state index is 11.1. The van der Waals surface area contributed by atoms with Gasteiger partial charge in [-0.2, -0.15) is 0 Å². The number of ether oxygens (including phenoxy) is 1. The minimum Gasteiger partial charge on any atom is -0.494 e. The molecule has 0 radical (unpaired) electrons. The molecule has 0 amide bonds. The zero-order valence-electron chi connectivity index (χ0n) is 11.5. The molecule has 4 nitrogen and oxygen atoms in total. The third-order valence-electron chi connectivity index (χ3n) is 3.65. The molecule has 104 valence electrons. The molecular formula is C15H21NO3. The van der Waals surface area contributed by atoms with Crippen molar-refractivity contribution >= 4 is 5.97 Å². The molecule has 1 aliphatic heterocycles. The third-order valence-corrected chi connectivity index (χ3v) is 3.65. The first-order valence-electron chi connectivity index (χ1n) is 6.77. The molecule has 2 unspecified atom stereocenters. The van der Waals surface area contributed by atoms with E-state index in [0.29, 0.717) is 13.2 Å². The van der Waals surface area contributed by atoms with Gasteiger partial charge in [-0.15, -0.1) is 0 Å². The minimum absolute atomic E-state index is 0.222. The highest BCUT2D eigenvalue weighted by molar-refractivity contribution is 5.71. The summed E-state index contributed by atoms with van der Waals surface area (Å²) in [4.78, 5) is 13.3. The van der Waals surface area contributed by atoms with Crippen molar-refractivity contribution in [1.29, 1.82) is 0 Å². The molecule has 0 aromatic heterocycles. The lowest BCUT2D eigenvalue weighted by Gasteiger charge is -2.15. The van der Waals surface area contributed by atoms with Crippen LogP contribution in [0.5, 0.6) is 5.75 Å². The van der Waals surface area contributed by atoms with Crippen molar-refractivity contribution in [1.82, 2.24) is 4.90 Å². The second kappa shape index (κ2) is 6.06. The van der Waals surface area contributed by atoms with Crippen LogP contribution >= 0.6 is 0 Å². The lowest BCUT2D eigenvalue weighted by molar-refractivity contribution is -0.142. The van der Waals surface area contributed by atoms with E-state index in [2.05, 4.69) is 4.90 Å². The first kappa shape index (κ1) is 13.9. The van der Waals surface area contributed by atoms with Crippen LogP contribution in [0.15, 0.2) is 24.3 Å². The highest BCUT2D eigenvalue weighted by atomic mass is 16.5. The molecule has 1 fully saturated rings. The average Bonchev–Trinajstić information content (AvgIpc) is 2.73. The Bertz CT molecular complexity index is 430. The summed E-state index contributed by atoms with van der Waals surface area (Å²) in [6.45, 7) is 6.94. The van der Waals surface area contributed by atoms with Gasteiger partial charge >= 0.3 is 5.97 Å². The molecule has 1 aromatic rings. The SMILES string of the molecule is CCOc1ccc(CN2CC(C)C(C(=O)O)C2)cc1. The summed E-state index contributed by atoms with van der Waals surface area (Å²) in [6.07, 6.45) is 0. The molecule has 19 heavy (non-hydrogen) atoms. The average molecular weight is 263 g/mol. The third kappa shape index (κ3) is 3.47. The molecule has 1 saturated heterocycles. The van der Waals surface area contributed by atoms with Crippen molar-refractivity contribution in [3.05, 3.63) is 29.8 Å². The van der Waals surface area contributed by atoms with E-state index in [1.54, 1.807) is 0 Å². The fourth-order valence-electron chi connectivity index (χ4n) is 2.63. The Hall–Kier alpha value is -1.55. The van der Waals surface area contributed by atoms with Gasteiger partial charge in [0, 0.05) is 19.6 Å². The number of carbonyl (C=O) groups is 1. The number of carboxylic acids is 1. The van der Waals surface area contributed by atoms with Crippen molar-refractivity contribution in [3.63, 3.8) is 0 Å². The van der Waals surface area contributed by atoms with Gasteiger partial charge in [-0.25, -0.2) is 0 Å². The predicted octanol–water partition coefficient (Wildman–Crippen LogP) is 2.24. The van der Waals surface area contributed by atoms with Crippen molar-refractivity contribution < 1.29 is 14.6 Å². The first-order valence-corrected chi connectivity index (χ1v) is 6.77. The molecule has 0 aliphatic carbocycles. The van der Waals surface area contributed by atoms with Gasteiger partial charge in [0.1, 0.15) is 5.75 Å². The Morgan fingerprint density at radius 1 is 1.37 bits per heavy atom. The Balaban J connectivity index is 1.93. The van der Waals surface area contributed by atoms with Crippen LogP contribution in [0.25, 0.3) is 0 Å². The summed E-state index contributed by atoms with van der Waals surface area (Å²) in [5.74, 6) is 0.189. The molecule has 0 spiro atoms. The Kier molecular flexibility index (Phi) is 4.43. The Morgan fingerprint density at radius 2 is 2.05 bits per heavy atom. The molecule has 0 saturated carbocycles. The molecular weight excluding hydrogens is 242 g/mol. The van der Waals surface area contributed by atoms with Crippen LogP contribution in [0, 0.1) is 11.8 Å². The van der Waals surface area contributed by atoms with Gasteiger partial charge in [0.05, 0.1) is 12.5 Å². The van der Waals surface area contributed by atoms with E-state index in [1.807, 2.05) is 38.1 Å². The maximum Gasteiger partial charge on any atom is 0.308 e. The number of hydrogen-bond donors (Lipinski definition) is 1. The van der Waals surface area contributed by atoms with E-state index >= 15 is 0 Å². The van der Waals surface area contributed by atoms with E-state index in [1.165, 1.54) is 5.56 Å². The summed E-state index contributed by atoms with van der Waals surface area (Å²) in [6, 6.07) is 8.02. The molecule has 2 atom stereocenters. The minimum atomic E-state index is -0.679. The number of aliphatic carboxylic acids is 1. The van der Waals surface area contributed by atoms with E-state index in [0.717, 1.165) is 18.8 Å². The van der Waals surface area contributed by atoms with E-state index in [4.69, 9.17) is 9.84 Å². The van der Waals surface area contributed by atoms with Gasteiger partial charge in [-0.05, 0) is 30.5 Å². The lowest BCUT2D eigenvalue weighted by Crippen LogP contribution is -2.23. The highest BCUT2D eigenvalue weighted by Gasteiger charge is 2.34. The van der Waals surface area contributed by atoms with Gasteiger partial charge in [0.25, 0.3) is 0 Å². The maximum absolute atomic E-state index is 11.1. The summed E-state index contributed by atoms with van der Waals surface area (Å²) in [5, 5.41) is 9.12. The molecule has 1 N–H and O–H groups in total. The molecule has 1 aromatic carbocycles. The Labute approximate surface area is 114 Å². The topological polar surface area (TPSA) is 49.8 Å². The van der Waals surface area contributed by atoms with E-state index in [9.17, 15) is 4.79 Å². The number of benzene rings is 1. The van der Waals surface area contributed by atoms with Crippen LogP contribution in [0.4, 0.5) is 0 Å². The standard InChI is InChI=1S/C15H21NO3/c1-3-19-13-6-4-12(5-7-13)9-16-8-11(2)14(10-16)15(17)18/h4-7,11,14H,3,8-10H2,1-2H3,(H,17,18). The van der Waals surface area contributed by atoms with E-state index in [-0.39, 0.29) is 11.8 Å². The predicted molar refractivity (Wildman–Crippen MR) is 73.2 cm³/mol. The van der Waals surface area contributed by atoms with Crippen LogP contribution in [0.1, 0.15) is 19.4 Å². The summed E-state index contributed by atoms with van der Waals surface area (Å²) in [5.41, 5.74) is 1.20. The van der Waals surface area contributed by atoms with Gasteiger partial charge in [-0.1, -0.05) is 19.1 Å². The number of rotatable bonds is 5. The zero-order valence-corrected chi connectivity index (χ0v) is 11.5. The van der Waals surface area contributed by atoms with E-state index < -0.39 is 5.97 Å². The zero-order chi connectivity index (χ0) is 13.8. The molecule has 1 heterocycles.